The lowest BCUT2D eigenvalue weighted by atomic mass is 10.2. The average molecular weight is 255 g/mol. The number of terminal acetylenes is 1. The second-order valence-corrected chi connectivity index (χ2v) is 3.51. The average Bonchev–Trinajstić information content (AvgIpc) is 2.33. The van der Waals surface area contributed by atoms with Gasteiger partial charge in [-0.25, -0.2) is 4.79 Å². The van der Waals surface area contributed by atoms with E-state index in [1.54, 1.807) is 0 Å². The molecule has 1 unspecified atom stereocenters. The van der Waals surface area contributed by atoms with Crippen LogP contribution in [0.3, 0.4) is 0 Å². The van der Waals surface area contributed by atoms with Crippen LogP contribution in [0.25, 0.3) is 0 Å². The summed E-state index contributed by atoms with van der Waals surface area (Å²) >= 11 is 0. The maximum absolute atomic E-state index is 11.3. The van der Waals surface area contributed by atoms with E-state index in [2.05, 4.69) is 21.9 Å². The predicted octanol–water partition coefficient (Wildman–Crippen LogP) is -0.712. The van der Waals surface area contributed by atoms with Gasteiger partial charge in [-0.2, -0.15) is 0 Å². The Morgan fingerprint density at radius 3 is 2.44 bits per heavy atom. The molecular weight excluding hydrogens is 238 g/mol. The monoisotopic (exact) mass is 255 g/mol. The van der Waals surface area contributed by atoms with Gasteiger partial charge in [0.05, 0.1) is 12.6 Å². The van der Waals surface area contributed by atoms with Gasteiger partial charge in [-0.05, 0) is 6.42 Å². The molecule has 100 valence electrons. The summed E-state index contributed by atoms with van der Waals surface area (Å²) in [4.78, 5) is 32.6. The number of aliphatic carboxylic acids is 1. The Balaban J connectivity index is 3.85. The van der Waals surface area contributed by atoms with E-state index in [1.807, 2.05) is 6.92 Å². The first-order chi connectivity index (χ1) is 8.49. The van der Waals surface area contributed by atoms with E-state index in [9.17, 15) is 14.4 Å². The number of carboxylic acids is 1. The summed E-state index contributed by atoms with van der Waals surface area (Å²) in [7, 11) is 0. The number of urea groups is 1. The number of carboxylic acid groups (broad SMARTS) is 1. The zero-order valence-corrected chi connectivity index (χ0v) is 10.2. The van der Waals surface area contributed by atoms with E-state index < -0.39 is 24.5 Å². The van der Waals surface area contributed by atoms with Gasteiger partial charge in [-0.15, -0.1) is 6.42 Å². The third-order valence-corrected chi connectivity index (χ3v) is 1.93. The van der Waals surface area contributed by atoms with Crippen molar-refractivity contribution in [2.45, 2.75) is 25.8 Å². The zero-order chi connectivity index (χ0) is 14.0. The van der Waals surface area contributed by atoms with Crippen molar-refractivity contribution in [3.8, 4) is 12.3 Å². The molecule has 0 aromatic carbocycles. The normalized spacial score (nSPS) is 10.9. The number of hydrogen-bond acceptors (Lipinski definition) is 3. The summed E-state index contributed by atoms with van der Waals surface area (Å²) in [5.41, 5.74) is 0. The standard InChI is InChI=1S/C11H17N3O4/c1-3-5-8(4-2)14-11(18)13-6-9(15)12-7-10(16)17/h2,8H,3,5-7H2,1H3,(H,12,15)(H,16,17)(H2,13,14,18). The Kier molecular flexibility index (Phi) is 7.77. The Bertz CT molecular complexity index is 349. The molecule has 4 N–H and O–H groups in total. The summed E-state index contributed by atoms with van der Waals surface area (Å²) in [6, 6.07) is -0.936. The van der Waals surface area contributed by atoms with Crippen LogP contribution in [0.4, 0.5) is 4.79 Å². The van der Waals surface area contributed by atoms with E-state index in [1.165, 1.54) is 0 Å². The summed E-state index contributed by atoms with van der Waals surface area (Å²) in [6.07, 6.45) is 6.68. The van der Waals surface area contributed by atoms with Crippen LogP contribution in [0, 0.1) is 12.3 Å². The lowest BCUT2D eigenvalue weighted by Gasteiger charge is -2.12. The van der Waals surface area contributed by atoms with Crippen LogP contribution in [-0.4, -0.2) is 42.1 Å². The lowest BCUT2D eigenvalue weighted by molar-refractivity contribution is -0.137. The molecule has 0 aliphatic heterocycles. The molecule has 0 spiro atoms. The highest BCUT2D eigenvalue weighted by Gasteiger charge is 2.10. The largest absolute Gasteiger partial charge is 0.480 e. The maximum Gasteiger partial charge on any atom is 0.322 e. The molecule has 0 radical (unpaired) electrons. The van der Waals surface area contributed by atoms with Crippen LogP contribution in [0.1, 0.15) is 19.8 Å². The number of nitrogens with one attached hydrogen (secondary N) is 3. The molecule has 7 nitrogen and oxygen atoms in total. The number of carbonyl (C=O) groups is 3. The van der Waals surface area contributed by atoms with E-state index in [0.29, 0.717) is 6.42 Å². The van der Waals surface area contributed by atoms with E-state index >= 15 is 0 Å². The third kappa shape index (κ3) is 7.98. The maximum atomic E-state index is 11.3. The molecule has 0 bridgehead atoms. The Labute approximate surface area is 105 Å². The van der Waals surface area contributed by atoms with Crippen LogP contribution >= 0.6 is 0 Å². The van der Waals surface area contributed by atoms with Gasteiger partial charge >= 0.3 is 12.0 Å². The molecule has 0 fully saturated rings. The Hall–Kier alpha value is -2.23. The van der Waals surface area contributed by atoms with Crippen molar-refractivity contribution >= 4 is 17.9 Å². The molecule has 0 saturated carbocycles. The number of rotatable bonds is 7. The van der Waals surface area contributed by atoms with Crippen molar-refractivity contribution in [2.24, 2.45) is 0 Å². The summed E-state index contributed by atoms with van der Waals surface area (Å²) in [6.45, 7) is 1.15. The highest BCUT2D eigenvalue weighted by atomic mass is 16.4. The lowest BCUT2D eigenvalue weighted by Crippen LogP contribution is -2.45. The van der Waals surface area contributed by atoms with Crippen molar-refractivity contribution in [3.05, 3.63) is 0 Å². The quantitative estimate of drug-likeness (QED) is 0.451. The molecule has 1 atom stereocenters. The predicted molar refractivity (Wildman–Crippen MR) is 64.7 cm³/mol. The molecule has 0 aliphatic rings. The fourth-order valence-electron chi connectivity index (χ4n) is 1.09. The highest BCUT2D eigenvalue weighted by Crippen LogP contribution is 1.93. The smallest absolute Gasteiger partial charge is 0.322 e. The number of carbonyl (C=O) groups excluding carboxylic acids is 2. The van der Waals surface area contributed by atoms with Gasteiger partial charge in [0, 0.05) is 0 Å². The summed E-state index contributed by atoms with van der Waals surface area (Å²) in [5, 5.41) is 15.2. The second kappa shape index (κ2) is 8.87. The first kappa shape index (κ1) is 15.8. The molecule has 0 saturated heterocycles. The summed E-state index contributed by atoms with van der Waals surface area (Å²) < 4.78 is 0. The minimum Gasteiger partial charge on any atom is -0.480 e. The first-order valence-electron chi connectivity index (χ1n) is 5.48. The van der Waals surface area contributed by atoms with E-state index in [0.717, 1.165) is 6.42 Å². The van der Waals surface area contributed by atoms with Gasteiger partial charge in [0.1, 0.15) is 6.54 Å². The fourth-order valence-corrected chi connectivity index (χ4v) is 1.09. The molecule has 3 amide bonds. The van der Waals surface area contributed by atoms with Crippen LogP contribution < -0.4 is 16.0 Å². The Morgan fingerprint density at radius 2 is 1.94 bits per heavy atom. The molecule has 0 aromatic heterocycles. The van der Waals surface area contributed by atoms with Crippen molar-refractivity contribution in [2.75, 3.05) is 13.1 Å². The zero-order valence-electron chi connectivity index (χ0n) is 10.2. The van der Waals surface area contributed by atoms with Crippen LogP contribution in [-0.2, 0) is 9.59 Å². The molecule has 0 aromatic rings. The Morgan fingerprint density at radius 1 is 1.28 bits per heavy atom. The minimum absolute atomic E-state index is 0.303. The van der Waals surface area contributed by atoms with Crippen LogP contribution in [0.2, 0.25) is 0 Å². The van der Waals surface area contributed by atoms with Gasteiger partial charge in [-0.1, -0.05) is 19.3 Å². The highest BCUT2D eigenvalue weighted by molar-refractivity contribution is 5.86. The van der Waals surface area contributed by atoms with Crippen molar-refractivity contribution in [3.63, 3.8) is 0 Å². The van der Waals surface area contributed by atoms with Gasteiger partial charge in [0.15, 0.2) is 0 Å². The van der Waals surface area contributed by atoms with Gasteiger partial charge in [-0.3, -0.25) is 9.59 Å². The third-order valence-electron chi connectivity index (χ3n) is 1.93. The van der Waals surface area contributed by atoms with Crippen molar-refractivity contribution in [1.82, 2.24) is 16.0 Å². The SMILES string of the molecule is C#CC(CCC)NC(=O)NCC(=O)NCC(=O)O. The minimum atomic E-state index is -1.15. The molecule has 0 heterocycles. The number of hydrogen-bond donors (Lipinski definition) is 4. The second-order valence-electron chi connectivity index (χ2n) is 3.51. The van der Waals surface area contributed by atoms with Crippen LogP contribution in [0.15, 0.2) is 0 Å². The topological polar surface area (TPSA) is 108 Å². The van der Waals surface area contributed by atoms with Gasteiger partial charge < -0.3 is 21.1 Å². The van der Waals surface area contributed by atoms with Crippen molar-refractivity contribution < 1.29 is 19.5 Å². The van der Waals surface area contributed by atoms with E-state index in [-0.39, 0.29) is 12.6 Å². The summed E-state index contributed by atoms with van der Waals surface area (Å²) in [5.74, 6) is 0.678. The molecular formula is C11H17N3O4. The number of amides is 3. The van der Waals surface area contributed by atoms with E-state index in [4.69, 9.17) is 11.5 Å². The van der Waals surface area contributed by atoms with Gasteiger partial charge in [0.2, 0.25) is 5.91 Å². The van der Waals surface area contributed by atoms with Crippen molar-refractivity contribution in [1.29, 1.82) is 0 Å². The molecule has 7 heteroatoms. The van der Waals surface area contributed by atoms with Crippen LogP contribution in [0.5, 0.6) is 0 Å². The fraction of sp³-hybridized carbons (Fsp3) is 0.545. The molecule has 0 aliphatic carbocycles. The first-order valence-corrected chi connectivity index (χ1v) is 5.48. The van der Waals surface area contributed by atoms with Gasteiger partial charge in [0.25, 0.3) is 0 Å². The molecule has 18 heavy (non-hydrogen) atoms. The molecule has 0 rings (SSSR count).